The molecule has 3 N–H and O–H groups in total. The highest BCUT2D eigenvalue weighted by atomic mass is 28.3. The molecule has 0 aromatic heterocycles. The second-order valence-corrected chi connectivity index (χ2v) is 34.1. The molecule has 0 aliphatic carbocycles. The molecule has 0 aromatic rings. The van der Waals surface area contributed by atoms with Gasteiger partial charge in [-0.25, -0.2) is 0 Å². The number of hydrogen-bond acceptors (Lipinski definition) is 9. The lowest BCUT2D eigenvalue weighted by atomic mass is 9.91. The number of unbranched alkanes of at least 4 members (excludes halogenated alkanes) is 23. The maximum Gasteiger partial charge on any atom is 0.306 e. The lowest BCUT2D eigenvalue weighted by Crippen LogP contribution is -2.66. The van der Waals surface area contributed by atoms with E-state index >= 15 is 0 Å². The summed E-state index contributed by atoms with van der Waals surface area (Å²) in [4.78, 5) is 28.2. The number of carbonyl (C=O) groups excluding carboxylic acids is 2. The number of carbonyl (C=O) groups is 2. The Hall–Kier alpha value is -0.866. The van der Waals surface area contributed by atoms with Crippen LogP contribution in [0.3, 0.4) is 0 Å². The monoisotopic (exact) mass is 986 g/mol. The minimum atomic E-state index is -1.51. The van der Waals surface area contributed by atoms with Crippen LogP contribution in [-0.2, 0) is 33.3 Å². The van der Waals surface area contributed by atoms with Crippen LogP contribution in [0.4, 0.5) is 0 Å². The molecule has 0 bridgehead atoms. The van der Waals surface area contributed by atoms with E-state index in [4.69, 9.17) is 23.7 Å². The summed E-state index contributed by atoms with van der Waals surface area (Å²) < 4.78 is 31.0. The number of rotatable bonds is 46. The van der Waals surface area contributed by atoms with E-state index in [9.17, 15) is 19.8 Å². The van der Waals surface area contributed by atoms with Gasteiger partial charge < -0.3 is 39.2 Å². The Morgan fingerprint density at radius 3 is 1.48 bits per heavy atom. The zero-order chi connectivity index (χ0) is 49.6. The minimum Gasteiger partial charge on any atom is -0.457 e. The van der Waals surface area contributed by atoms with Crippen molar-refractivity contribution in [2.45, 2.75) is 308 Å². The molecule has 67 heavy (non-hydrogen) atoms. The highest BCUT2D eigenvalue weighted by molar-refractivity contribution is 6.76. The maximum absolute atomic E-state index is 14.1. The molecule has 0 spiro atoms. The summed E-state index contributed by atoms with van der Waals surface area (Å²) in [6.07, 6.45) is 30.3. The molecule has 1 rings (SSSR count). The fraction of sp³-hybridized carbons (Fsp3) is 0.964. The van der Waals surface area contributed by atoms with Crippen molar-refractivity contribution in [3.63, 3.8) is 0 Å². The predicted octanol–water partition coefficient (Wildman–Crippen LogP) is 14.3. The third-order valence-electron chi connectivity index (χ3n) is 13.6. The molecule has 1 aliphatic rings. The molecular formula is C55H111NO9Si2. The second kappa shape index (κ2) is 40.7. The molecule has 0 saturated carbocycles. The lowest BCUT2D eigenvalue weighted by Gasteiger charge is -2.44. The third kappa shape index (κ3) is 35.8. The van der Waals surface area contributed by atoms with Gasteiger partial charge in [-0.1, -0.05) is 227 Å². The van der Waals surface area contributed by atoms with Crippen molar-refractivity contribution in [1.82, 2.24) is 5.32 Å². The number of aliphatic hydroxyl groups excluding tert-OH is 2. The number of hydrogen-bond donors (Lipinski definition) is 3. The minimum absolute atomic E-state index is 0.0894. The molecule has 1 saturated heterocycles. The Labute approximate surface area is 415 Å². The first-order chi connectivity index (χ1) is 32.1. The highest BCUT2D eigenvalue weighted by Crippen LogP contribution is 2.29. The summed E-state index contributed by atoms with van der Waals surface area (Å²) in [5.41, 5.74) is 0. The van der Waals surface area contributed by atoms with Gasteiger partial charge in [-0.2, -0.15) is 0 Å². The number of nitrogens with one attached hydrogen (secondary N) is 1. The van der Waals surface area contributed by atoms with Crippen LogP contribution in [0.2, 0.25) is 51.4 Å². The van der Waals surface area contributed by atoms with E-state index in [-0.39, 0.29) is 43.5 Å². The van der Waals surface area contributed by atoms with Crippen LogP contribution in [0.15, 0.2) is 0 Å². The molecule has 398 valence electrons. The average molecular weight is 987 g/mol. The van der Waals surface area contributed by atoms with Crippen molar-refractivity contribution in [2.75, 3.05) is 26.6 Å². The predicted molar refractivity (Wildman–Crippen MR) is 285 cm³/mol. The molecular weight excluding hydrogens is 875 g/mol. The summed E-state index contributed by atoms with van der Waals surface area (Å²) >= 11 is 0. The van der Waals surface area contributed by atoms with E-state index in [0.717, 1.165) is 57.0 Å². The molecule has 1 unspecified atom stereocenters. The first-order valence-corrected chi connectivity index (χ1v) is 35.8. The summed E-state index contributed by atoms with van der Waals surface area (Å²) in [6, 6.07) is 0.924. The van der Waals surface area contributed by atoms with Crippen LogP contribution in [0, 0.1) is 5.92 Å². The fourth-order valence-corrected chi connectivity index (χ4v) is 10.5. The largest absolute Gasteiger partial charge is 0.457 e. The molecule has 10 nitrogen and oxygen atoms in total. The quantitative estimate of drug-likeness (QED) is 0.0236. The zero-order valence-electron chi connectivity index (χ0n) is 45.5. The van der Waals surface area contributed by atoms with Gasteiger partial charge in [0, 0.05) is 35.8 Å². The lowest BCUT2D eigenvalue weighted by molar-refractivity contribution is -0.272. The fourth-order valence-electron chi connectivity index (χ4n) is 9.04. The van der Waals surface area contributed by atoms with Crippen LogP contribution < -0.4 is 5.32 Å². The number of amides is 1. The SMILES string of the molecule is CCCCCCCCCCCCC(CCCCCCCCC)CC(=O)O[C@H]1[C@H](O)[C@@H](CO)O[C@@H](OCC[Si](C)(C)C)[C@@H]1NC(=O)C[C@@H](CCCCCCCCCCC)OCOCC[Si](C)(C)C. The van der Waals surface area contributed by atoms with Gasteiger partial charge in [-0.3, -0.25) is 9.59 Å². The van der Waals surface area contributed by atoms with Crippen molar-refractivity contribution in [2.24, 2.45) is 5.92 Å². The maximum atomic E-state index is 14.1. The summed E-state index contributed by atoms with van der Waals surface area (Å²) in [7, 11) is -2.77. The second-order valence-electron chi connectivity index (χ2n) is 22.8. The molecule has 1 amide bonds. The Kier molecular flexibility index (Phi) is 39.0. The van der Waals surface area contributed by atoms with Gasteiger partial charge in [0.2, 0.25) is 5.91 Å². The Morgan fingerprint density at radius 2 is 1.03 bits per heavy atom. The van der Waals surface area contributed by atoms with Gasteiger partial charge in [0.25, 0.3) is 0 Å². The average Bonchev–Trinajstić information content (AvgIpc) is 3.26. The van der Waals surface area contributed by atoms with E-state index in [2.05, 4.69) is 65.4 Å². The van der Waals surface area contributed by atoms with E-state index in [1.807, 2.05) is 0 Å². The highest BCUT2D eigenvalue weighted by Gasteiger charge is 2.49. The molecule has 7 atom stereocenters. The van der Waals surface area contributed by atoms with Gasteiger partial charge >= 0.3 is 5.97 Å². The van der Waals surface area contributed by atoms with Crippen molar-refractivity contribution >= 4 is 28.0 Å². The van der Waals surface area contributed by atoms with Crippen LogP contribution >= 0.6 is 0 Å². The molecule has 0 radical (unpaired) electrons. The molecule has 1 aliphatic heterocycles. The first-order valence-electron chi connectivity index (χ1n) is 28.4. The van der Waals surface area contributed by atoms with Crippen molar-refractivity contribution in [3.05, 3.63) is 0 Å². The van der Waals surface area contributed by atoms with Crippen LogP contribution in [0.25, 0.3) is 0 Å². The van der Waals surface area contributed by atoms with Gasteiger partial charge in [0.05, 0.1) is 19.1 Å². The zero-order valence-corrected chi connectivity index (χ0v) is 47.5. The van der Waals surface area contributed by atoms with Gasteiger partial charge in [0.1, 0.15) is 25.0 Å². The van der Waals surface area contributed by atoms with Crippen LogP contribution in [-0.4, -0.2) is 102 Å². The van der Waals surface area contributed by atoms with Crippen LogP contribution in [0.5, 0.6) is 0 Å². The first kappa shape index (κ1) is 64.1. The smallest absolute Gasteiger partial charge is 0.306 e. The van der Waals surface area contributed by atoms with E-state index < -0.39 is 53.4 Å². The van der Waals surface area contributed by atoms with Crippen LogP contribution in [0.1, 0.15) is 220 Å². The number of aliphatic hydroxyl groups is 2. The number of esters is 1. The van der Waals surface area contributed by atoms with E-state index in [0.29, 0.717) is 13.2 Å². The summed E-state index contributed by atoms with van der Waals surface area (Å²) in [5.74, 6) is -0.486. The van der Waals surface area contributed by atoms with E-state index in [1.54, 1.807) is 0 Å². The topological polar surface area (TPSA) is 133 Å². The normalized spacial score (nSPS) is 20.0. The Balaban J connectivity index is 3.17. The van der Waals surface area contributed by atoms with E-state index in [1.165, 1.54) is 141 Å². The third-order valence-corrected chi connectivity index (χ3v) is 17.1. The van der Waals surface area contributed by atoms with Crippen molar-refractivity contribution in [1.29, 1.82) is 0 Å². The van der Waals surface area contributed by atoms with Gasteiger partial charge in [-0.15, -0.1) is 0 Å². The van der Waals surface area contributed by atoms with Crippen molar-refractivity contribution in [3.8, 4) is 0 Å². The van der Waals surface area contributed by atoms with Gasteiger partial charge in [-0.05, 0) is 37.3 Å². The Bertz CT molecular complexity index is 1170. The standard InChI is InChI=1S/C55H111NO9Si2/c1-10-13-16-19-22-24-26-28-31-34-37-47(36-33-30-27-21-18-15-12-3)43-51(59)65-54-52(55(62-40-42-67(7,8)9)64-49(45-57)53(54)60)56-50(58)44-48(63-46-61-39-41-66(4,5)6)38-35-32-29-25-23-20-17-14-11-2/h47-49,52-55,57,60H,10-46H2,1-9H3,(H,56,58)/t47?,48-,49-,52-,53-,54-,55-/m1/s1. The molecule has 1 fully saturated rings. The Morgan fingerprint density at radius 1 is 0.597 bits per heavy atom. The summed E-state index contributed by atoms with van der Waals surface area (Å²) in [6.45, 7) is 21.2. The molecule has 0 aromatic carbocycles. The van der Waals surface area contributed by atoms with Crippen molar-refractivity contribution < 1.29 is 43.5 Å². The number of ether oxygens (including phenoxy) is 5. The molecule has 1 heterocycles. The summed E-state index contributed by atoms with van der Waals surface area (Å²) in [5, 5.41) is 25.2. The van der Waals surface area contributed by atoms with Gasteiger partial charge in [0.15, 0.2) is 12.4 Å². The molecule has 12 heteroatoms.